The van der Waals surface area contributed by atoms with Gasteiger partial charge in [0.1, 0.15) is 30.3 Å². The highest BCUT2D eigenvalue weighted by Crippen LogP contribution is 2.68. The molecule has 5 fully saturated rings. The van der Waals surface area contributed by atoms with Crippen LogP contribution in [0.4, 0.5) is 4.79 Å². The number of carbonyl (C=O) groups is 4. The average molecular weight is 756 g/mol. The number of hydrogen-bond donors (Lipinski definition) is 2. The van der Waals surface area contributed by atoms with Crippen molar-refractivity contribution < 1.29 is 28.7 Å². The number of ether oxygens (including phenoxy) is 2. The summed E-state index contributed by atoms with van der Waals surface area (Å²) >= 11 is 0. The molecule has 308 valence electrons. The molecule has 3 amide bonds. The zero-order valence-corrected chi connectivity index (χ0v) is 35.8. The number of fused-ring (bicyclic) bond motifs is 5. The van der Waals surface area contributed by atoms with Gasteiger partial charge in [-0.15, -0.1) is 0 Å². The second kappa shape index (κ2) is 17.4. The molecule has 2 unspecified atom stereocenters. The largest absolute Gasteiger partial charge is 0.461 e. The summed E-state index contributed by atoms with van der Waals surface area (Å²) in [7, 11) is 0. The molecule has 2 N–H and O–H groups in total. The van der Waals surface area contributed by atoms with E-state index in [9.17, 15) is 19.2 Å². The molecule has 4 saturated carbocycles. The second-order valence-electron chi connectivity index (χ2n) is 20.8. The Balaban J connectivity index is 1.10. The van der Waals surface area contributed by atoms with E-state index in [1.807, 2.05) is 13.8 Å². The lowest BCUT2D eigenvalue weighted by Crippen LogP contribution is -2.55. The van der Waals surface area contributed by atoms with E-state index in [4.69, 9.17) is 9.47 Å². The van der Waals surface area contributed by atoms with Gasteiger partial charge < -0.3 is 25.0 Å². The lowest BCUT2D eigenvalue weighted by Gasteiger charge is -2.61. The lowest BCUT2D eigenvalue weighted by atomic mass is 9.44. The third-order valence-electron chi connectivity index (χ3n) is 15.1. The lowest BCUT2D eigenvalue weighted by molar-refractivity contribution is -0.162. The molecule has 0 spiro atoms. The van der Waals surface area contributed by atoms with Crippen molar-refractivity contribution in [3.8, 4) is 0 Å². The van der Waals surface area contributed by atoms with Crippen molar-refractivity contribution in [1.29, 1.82) is 0 Å². The number of amides is 3. The Labute approximate surface area is 328 Å². The van der Waals surface area contributed by atoms with Crippen LogP contribution in [-0.2, 0) is 23.9 Å². The SMILES string of the molecule is CC(C)CCC[C@@H](C)[C@H]1CC[C@H]2[C@@H]3CCC4CC(OC(=O)CNC(=O)[C@@H]5CCCN5C(=O)[C@H](CC(C)C)NC(=O)OC(C)(C)C)CC[C@]4(C)[C@H]3CC[C@]12C. The van der Waals surface area contributed by atoms with Gasteiger partial charge >= 0.3 is 12.1 Å². The minimum atomic E-state index is -0.799. The molecule has 0 radical (unpaired) electrons. The van der Waals surface area contributed by atoms with Crippen LogP contribution in [0.15, 0.2) is 0 Å². The third-order valence-corrected chi connectivity index (χ3v) is 15.1. The normalized spacial score (nSPS) is 34.7. The van der Waals surface area contributed by atoms with Gasteiger partial charge in [-0.1, -0.05) is 67.7 Å². The first-order valence-corrected chi connectivity index (χ1v) is 22.1. The summed E-state index contributed by atoms with van der Waals surface area (Å²) in [5, 5.41) is 5.53. The number of esters is 1. The van der Waals surface area contributed by atoms with Crippen LogP contribution in [0.5, 0.6) is 0 Å². The monoisotopic (exact) mass is 756 g/mol. The molecular formula is C45H77N3O6. The van der Waals surface area contributed by atoms with E-state index in [0.717, 1.165) is 54.8 Å². The van der Waals surface area contributed by atoms with Crippen molar-refractivity contribution in [1.82, 2.24) is 15.5 Å². The van der Waals surface area contributed by atoms with Crippen molar-refractivity contribution in [2.75, 3.05) is 13.1 Å². The Morgan fingerprint density at radius 1 is 0.833 bits per heavy atom. The number of nitrogens with one attached hydrogen (secondary N) is 2. The number of nitrogens with zero attached hydrogens (tertiary/aromatic N) is 1. The van der Waals surface area contributed by atoms with Crippen LogP contribution in [-0.4, -0.2) is 65.7 Å². The third kappa shape index (κ3) is 9.79. The zero-order valence-electron chi connectivity index (χ0n) is 35.8. The molecule has 0 aromatic rings. The maximum atomic E-state index is 13.7. The maximum absolute atomic E-state index is 13.7. The molecule has 0 aromatic heterocycles. The molecule has 0 bridgehead atoms. The highest BCUT2D eigenvalue weighted by atomic mass is 16.6. The highest BCUT2D eigenvalue weighted by molar-refractivity contribution is 5.93. The standard InChI is InChI=1S/C45H77N3O6/c1-28(2)13-11-14-30(5)34-18-19-35-33-17-16-31-26-32(20-22-44(31,9)36(33)21-23-45(34,35)10)53-39(49)27-46-40(50)38-15-12-24-48(38)41(51)37(25-29(3)4)47-42(52)54-43(6,7)8/h28-38H,11-27H2,1-10H3,(H,46,50)(H,47,52)/t30-,31?,32?,33+,34-,35+,36+,37+,38+,44+,45-/m1/s1. The van der Waals surface area contributed by atoms with Crippen molar-refractivity contribution in [3.05, 3.63) is 0 Å². The molecule has 1 saturated heterocycles. The van der Waals surface area contributed by atoms with Gasteiger partial charge in [0.25, 0.3) is 0 Å². The van der Waals surface area contributed by atoms with Crippen LogP contribution >= 0.6 is 0 Å². The summed E-state index contributed by atoms with van der Waals surface area (Å²) in [6.07, 6.45) is 16.0. The average Bonchev–Trinajstić information content (AvgIpc) is 3.70. The molecule has 0 aromatic carbocycles. The number of alkyl carbamates (subject to hydrolysis) is 1. The van der Waals surface area contributed by atoms with E-state index in [1.165, 1.54) is 57.8 Å². The fraction of sp³-hybridized carbons (Fsp3) is 0.911. The van der Waals surface area contributed by atoms with Gasteiger partial charge in [-0.25, -0.2) is 4.79 Å². The van der Waals surface area contributed by atoms with Gasteiger partial charge in [0.05, 0.1) is 0 Å². The van der Waals surface area contributed by atoms with Crippen molar-refractivity contribution in [2.24, 2.45) is 58.2 Å². The van der Waals surface area contributed by atoms with Gasteiger partial charge in [-0.2, -0.15) is 0 Å². The number of carbonyl (C=O) groups excluding carboxylic acids is 4. The molecule has 11 atom stereocenters. The quantitative estimate of drug-likeness (QED) is 0.181. The Morgan fingerprint density at radius 3 is 2.22 bits per heavy atom. The molecular weight excluding hydrogens is 679 g/mol. The Hall–Kier alpha value is -2.32. The molecule has 4 aliphatic carbocycles. The fourth-order valence-electron chi connectivity index (χ4n) is 12.5. The first kappa shape index (κ1) is 42.8. The second-order valence-corrected chi connectivity index (χ2v) is 20.8. The Morgan fingerprint density at radius 2 is 1.54 bits per heavy atom. The van der Waals surface area contributed by atoms with Gasteiger partial charge in [0, 0.05) is 6.54 Å². The van der Waals surface area contributed by atoms with E-state index >= 15 is 0 Å². The molecule has 5 aliphatic rings. The number of rotatable bonds is 13. The summed E-state index contributed by atoms with van der Waals surface area (Å²) in [5.41, 5.74) is 0.112. The topological polar surface area (TPSA) is 114 Å². The fourth-order valence-corrected chi connectivity index (χ4v) is 12.5. The molecule has 1 heterocycles. The number of likely N-dealkylation sites (tertiary alicyclic amines) is 1. The summed E-state index contributed by atoms with van der Waals surface area (Å²) < 4.78 is 11.5. The van der Waals surface area contributed by atoms with Crippen LogP contribution in [0, 0.1) is 58.2 Å². The molecule has 54 heavy (non-hydrogen) atoms. The van der Waals surface area contributed by atoms with Gasteiger partial charge in [-0.3, -0.25) is 14.4 Å². The summed E-state index contributed by atoms with van der Waals surface area (Å²) in [5.74, 6) is 4.63. The summed E-state index contributed by atoms with van der Waals surface area (Å²) in [6.45, 7) is 22.0. The smallest absolute Gasteiger partial charge is 0.408 e. The summed E-state index contributed by atoms with van der Waals surface area (Å²) in [6, 6.07) is -1.49. The molecule has 5 rings (SSSR count). The van der Waals surface area contributed by atoms with Crippen LogP contribution < -0.4 is 10.6 Å². The predicted molar refractivity (Wildman–Crippen MR) is 213 cm³/mol. The van der Waals surface area contributed by atoms with Crippen molar-refractivity contribution in [3.63, 3.8) is 0 Å². The number of hydrogen-bond acceptors (Lipinski definition) is 6. The van der Waals surface area contributed by atoms with Gasteiger partial charge in [-0.05, 0) is 156 Å². The van der Waals surface area contributed by atoms with E-state index in [0.29, 0.717) is 42.6 Å². The van der Waals surface area contributed by atoms with E-state index < -0.39 is 29.7 Å². The van der Waals surface area contributed by atoms with E-state index in [2.05, 4.69) is 45.3 Å². The minimum Gasteiger partial charge on any atom is -0.461 e. The van der Waals surface area contributed by atoms with E-state index in [1.54, 1.807) is 25.7 Å². The first-order valence-electron chi connectivity index (χ1n) is 22.1. The summed E-state index contributed by atoms with van der Waals surface area (Å²) in [4.78, 5) is 54.3. The van der Waals surface area contributed by atoms with E-state index in [-0.39, 0.29) is 30.4 Å². The van der Waals surface area contributed by atoms with Crippen LogP contribution in [0.1, 0.15) is 166 Å². The Kier molecular flexibility index (Phi) is 13.8. The van der Waals surface area contributed by atoms with Crippen LogP contribution in [0.3, 0.4) is 0 Å². The van der Waals surface area contributed by atoms with Crippen molar-refractivity contribution in [2.45, 2.75) is 189 Å². The van der Waals surface area contributed by atoms with Gasteiger partial charge in [0.2, 0.25) is 11.8 Å². The van der Waals surface area contributed by atoms with Crippen LogP contribution in [0.25, 0.3) is 0 Å². The minimum absolute atomic E-state index is 0.110. The zero-order chi connectivity index (χ0) is 39.6. The molecule has 9 nitrogen and oxygen atoms in total. The highest BCUT2D eigenvalue weighted by Gasteiger charge is 2.60. The molecule has 9 heteroatoms. The maximum Gasteiger partial charge on any atom is 0.408 e. The van der Waals surface area contributed by atoms with Crippen LogP contribution in [0.2, 0.25) is 0 Å². The van der Waals surface area contributed by atoms with Gasteiger partial charge in [0.15, 0.2) is 0 Å². The molecule has 1 aliphatic heterocycles. The van der Waals surface area contributed by atoms with Crippen molar-refractivity contribution >= 4 is 23.9 Å². The Bertz CT molecular complexity index is 1330. The first-order chi connectivity index (χ1) is 25.3. The predicted octanol–water partition coefficient (Wildman–Crippen LogP) is 9.07.